The molecule has 0 amide bonds. The molecule has 9 aliphatic carbocycles. The van der Waals surface area contributed by atoms with Crippen LogP contribution in [0.4, 0.5) is 0 Å². The maximum absolute atomic E-state index is 15.1. The number of hydrogen-bond donors (Lipinski definition) is 0. The first kappa shape index (κ1) is 27.1. The number of fused-ring (bicyclic) bond motifs is 10. The first-order chi connectivity index (χ1) is 25.2. The predicted octanol–water partition coefficient (Wildman–Crippen LogP) is 11.3. The molecular weight excluding hydrogens is 623 g/mol. The van der Waals surface area contributed by atoms with Crippen LogP contribution in [0.25, 0.3) is 60.3 Å². The lowest BCUT2D eigenvalue weighted by atomic mass is 9.67. The third kappa shape index (κ3) is 3.17. The number of carbonyl (C=O) groups is 1. The summed E-state index contributed by atoms with van der Waals surface area (Å²) in [4.78, 5) is 26.1. The Labute approximate surface area is 296 Å². The summed E-state index contributed by atoms with van der Waals surface area (Å²) in [5, 5.41) is 5.33. The summed E-state index contributed by atoms with van der Waals surface area (Å²) in [7, 11) is 0. The molecule has 4 heteroatoms. The topological polar surface area (TPSA) is 47.3 Å². The van der Waals surface area contributed by atoms with Gasteiger partial charge in [-0.05, 0) is 122 Å². The Hall–Kier alpha value is -4.57. The zero-order valence-corrected chi connectivity index (χ0v) is 28.8. The van der Waals surface area contributed by atoms with E-state index in [4.69, 9.17) is 9.97 Å². The summed E-state index contributed by atoms with van der Waals surface area (Å²) in [6, 6.07) is 19.5. The lowest BCUT2D eigenvalue weighted by Crippen LogP contribution is -2.25. The normalized spacial score (nSPS) is 30.8. The third-order valence-corrected chi connectivity index (χ3v) is 15.5. The molecule has 4 saturated carbocycles. The number of carbonyl (C=O) groups excluding carboxylic acids is 1. The lowest BCUT2D eigenvalue weighted by Gasteiger charge is -2.38. The van der Waals surface area contributed by atoms with Crippen molar-refractivity contribution in [2.45, 2.75) is 87.9 Å². The summed E-state index contributed by atoms with van der Waals surface area (Å²) in [6.45, 7) is 0. The number of rotatable bonds is 1. The van der Waals surface area contributed by atoms with Crippen LogP contribution >= 0.6 is 0 Å². The SMILES string of the molecule is O=C1c2ccccc2-c2c1c1c3c4c(ncc3n3c5cnc6c(c5c(c2-c2ccccc2)c13)C1CC2CC(CC6C2)C1)C1CC2CC(C1)CC4C2. The zero-order chi connectivity index (χ0) is 32.9. The molecule has 8 bridgehead atoms. The molecule has 4 fully saturated rings. The molecule has 0 radical (unpaired) electrons. The average Bonchev–Trinajstić information content (AvgIpc) is 3.67. The van der Waals surface area contributed by atoms with Crippen LogP contribution in [0, 0.1) is 23.7 Å². The van der Waals surface area contributed by atoms with Crippen LogP contribution in [0.2, 0.25) is 0 Å². The number of hydrogen-bond acceptors (Lipinski definition) is 3. The van der Waals surface area contributed by atoms with Crippen molar-refractivity contribution in [1.29, 1.82) is 0 Å². The van der Waals surface area contributed by atoms with Crippen molar-refractivity contribution in [2.75, 3.05) is 0 Å². The first-order valence-electron chi connectivity index (χ1n) is 20.0. The minimum Gasteiger partial charge on any atom is -0.305 e. The van der Waals surface area contributed by atoms with E-state index in [2.05, 4.69) is 71.4 Å². The molecule has 16 rings (SSSR count). The van der Waals surface area contributed by atoms with E-state index in [9.17, 15) is 0 Å². The maximum atomic E-state index is 15.1. The number of pyridine rings is 2. The summed E-state index contributed by atoms with van der Waals surface area (Å²) in [5.74, 6) is 5.63. The molecule has 4 atom stereocenters. The second-order valence-corrected chi connectivity index (χ2v) is 18.0. The fourth-order valence-corrected chi connectivity index (χ4v) is 14.3. The number of ketones is 1. The minimum absolute atomic E-state index is 0.192. The Bertz CT molecular complexity index is 2710. The van der Waals surface area contributed by atoms with Crippen molar-refractivity contribution in [1.82, 2.24) is 14.4 Å². The van der Waals surface area contributed by atoms with Gasteiger partial charge in [0.05, 0.1) is 28.9 Å². The molecule has 4 aromatic heterocycles. The maximum Gasteiger partial charge on any atom is 0.195 e. The van der Waals surface area contributed by atoms with Crippen LogP contribution in [0.1, 0.15) is 126 Å². The van der Waals surface area contributed by atoms with Gasteiger partial charge < -0.3 is 4.40 Å². The van der Waals surface area contributed by atoms with Gasteiger partial charge in [0.25, 0.3) is 0 Å². The third-order valence-electron chi connectivity index (χ3n) is 15.5. The van der Waals surface area contributed by atoms with Crippen molar-refractivity contribution in [3.05, 3.63) is 101 Å². The molecule has 248 valence electrons. The Kier molecular flexibility index (Phi) is 4.83. The molecule has 0 N–H and O–H groups in total. The molecule has 4 unspecified atom stereocenters. The average molecular weight is 662 g/mol. The lowest BCUT2D eigenvalue weighted by molar-refractivity contribution is 0.104. The summed E-state index contributed by atoms with van der Waals surface area (Å²) in [5.41, 5.74) is 16.0. The van der Waals surface area contributed by atoms with Gasteiger partial charge in [0, 0.05) is 67.0 Å². The van der Waals surface area contributed by atoms with E-state index in [1.54, 1.807) is 5.56 Å². The van der Waals surface area contributed by atoms with Crippen molar-refractivity contribution in [3.8, 4) is 22.3 Å². The summed E-state index contributed by atoms with van der Waals surface area (Å²) in [6.07, 6.45) is 17.6. The monoisotopic (exact) mass is 661 g/mol. The second kappa shape index (κ2) is 9.07. The highest BCUT2D eigenvalue weighted by molar-refractivity contribution is 6.40. The van der Waals surface area contributed by atoms with Gasteiger partial charge in [0.1, 0.15) is 0 Å². The van der Waals surface area contributed by atoms with Crippen molar-refractivity contribution in [3.63, 3.8) is 0 Å². The van der Waals surface area contributed by atoms with Crippen LogP contribution in [-0.2, 0) is 0 Å². The van der Waals surface area contributed by atoms with Gasteiger partial charge in [0.2, 0.25) is 0 Å². The van der Waals surface area contributed by atoms with Gasteiger partial charge in [0.15, 0.2) is 5.78 Å². The molecule has 0 saturated heterocycles. The van der Waals surface area contributed by atoms with Crippen LogP contribution in [0.15, 0.2) is 67.0 Å². The molecule has 4 heterocycles. The Morgan fingerprint density at radius 2 is 0.980 bits per heavy atom. The van der Waals surface area contributed by atoms with E-state index in [0.717, 1.165) is 45.9 Å². The van der Waals surface area contributed by atoms with Crippen molar-refractivity contribution >= 4 is 43.9 Å². The van der Waals surface area contributed by atoms with E-state index in [1.807, 2.05) is 0 Å². The second-order valence-electron chi connectivity index (χ2n) is 18.0. The van der Waals surface area contributed by atoms with Crippen LogP contribution in [0.3, 0.4) is 0 Å². The van der Waals surface area contributed by atoms with Gasteiger partial charge in [-0.2, -0.15) is 0 Å². The van der Waals surface area contributed by atoms with E-state index in [0.29, 0.717) is 23.7 Å². The van der Waals surface area contributed by atoms with Gasteiger partial charge in [-0.1, -0.05) is 54.6 Å². The highest BCUT2D eigenvalue weighted by atomic mass is 16.1. The van der Waals surface area contributed by atoms with Gasteiger partial charge in [-0.25, -0.2) is 0 Å². The summed E-state index contributed by atoms with van der Waals surface area (Å²) >= 11 is 0. The predicted molar refractivity (Wildman–Crippen MR) is 202 cm³/mol. The van der Waals surface area contributed by atoms with E-state index in [-0.39, 0.29) is 5.78 Å². The Morgan fingerprint density at radius 1 is 0.490 bits per heavy atom. The summed E-state index contributed by atoms with van der Waals surface area (Å²) < 4.78 is 2.56. The molecular formula is C47H39N3O. The minimum atomic E-state index is 0.192. The fourth-order valence-electron chi connectivity index (χ4n) is 14.3. The van der Waals surface area contributed by atoms with Crippen LogP contribution < -0.4 is 0 Å². The van der Waals surface area contributed by atoms with E-state index >= 15 is 4.79 Å². The number of aromatic nitrogens is 3. The van der Waals surface area contributed by atoms with E-state index < -0.39 is 0 Å². The first-order valence-corrected chi connectivity index (χ1v) is 20.0. The van der Waals surface area contributed by atoms with E-state index in [1.165, 1.54) is 130 Å². The quantitative estimate of drug-likeness (QED) is 0.176. The Balaban J connectivity index is 1.25. The molecule has 0 aliphatic heterocycles. The molecule has 4 nitrogen and oxygen atoms in total. The van der Waals surface area contributed by atoms with Gasteiger partial charge >= 0.3 is 0 Å². The highest BCUT2D eigenvalue weighted by Crippen LogP contribution is 2.62. The van der Waals surface area contributed by atoms with Gasteiger partial charge in [-0.15, -0.1) is 0 Å². The van der Waals surface area contributed by atoms with Crippen molar-refractivity contribution < 1.29 is 4.79 Å². The molecule has 0 spiro atoms. The largest absolute Gasteiger partial charge is 0.305 e. The zero-order valence-electron chi connectivity index (χ0n) is 28.8. The fraction of sp³-hybridized carbons (Fsp3) is 0.383. The highest BCUT2D eigenvalue weighted by Gasteiger charge is 2.47. The number of nitrogens with zero attached hydrogens (tertiary/aromatic N) is 3. The number of benzene rings is 3. The molecule has 3 aromatic carbocycles. The van der Waals surface area contributed by atoms with Crippen LogP contribution in [-0.4, -0.2) is 20.2 Å². The van der Waals surface area contributed by atoms with Gasteiger partial charge in [-0.3, -0.25) is 14.8 Å². The van der Waals surface area contributed by atoms with Crippen molar-refractivity contribution in [2.24, 2.45) is 23.7 Å². The standard InChI is InChI=1S/C47H39N3O/c51-47-32-9-5-4-8-31(32)38-35(26-6-2-1-3-7-26)41-39-33(20-48-44-29-16-22-10-23(17-29)13-27(12-22)36(39)44)50-34-21-49-45-30-18-24-11-25(19-30)15-28(14-24)37(45)40(34)42(43(38)47)46(41)50/h1-9,20-25,27-30H,10-19H2. The molecule has 9 aliphatic rings. The van der Waals surface area contributed by atoms with Crippen LogP contribution in [0.5, 0.6) is 0 Å². The molecule has 51 heavy (non-hydrogen) atoms. The smallest absolute Gasteiger partial charge is 0.195 e. The Morgan fingerprint density at radius 3 is 1.55 bits per heavy atom. The molecule has 7 aromatic rings.